The molecular formula is C13H19NO3. The van der Waals surface area contributed by atoms with E-state index in [2.05, 4.69) is 5.32 Å². The van der Waals surface area contributed by atoms with E-state index < -0.39 is 5.97 Å². The van der Waals surface area contributed by atoms with Gasteiger partial charge in [-0.25, -0.2) is 4.79 Å². The minimum absolute atomic E-state index is 0.225. The molecule has 1 aliphatic carbocycles. The van der Waals surface area contributed by atoms with E-state index >= 15 is 0 Å². The molecule has 0 radical (unpaired) electrons. The lowest BCUT2D eigenvalue weighted by atomic mass is 10.1. The number of hydrogen-bond donors (Lipinski definition) is 2. The zero-order chi connectivity index (χ0) is 12.1. The minimum Gasteiger partial charge on any atom is -0.478 e. The van der Waals surface area contributed by atoms with Gasteiger partial charge in [-0.3, -0.25) is 0 Å². The summed E-state index contributed by atoms with van der Waals surface area (Å²) >= 11 is 0. The Morgan fingerprint density at radius 2 is 2.06 bits per heavy atom. The Kier molecular flexibility index (Phi) is 4.20. The number of carbonyl (C=O) groups is 1. The highest BCUT2D eigenvalue weighted by atomic mass is 16.4. The summed E-state index contributed by atoms with van der Waals surface area (Å²) < 4.78 is 5.20. The van der Waals surface area contributed by atoms with E-state index in [1.807, 2.05) is 0 Å². The number of furan rings is 1. The van der Waals surface area contributed by atoms with Gasteiger partial charge >= 0.3 is 5.97 Å². The van der Waals surface area contributed by atoms with E-state index in [9.17, 15) is 4.79 Å². The zero-order valence-corrected chi connectivity index (χ0v) is 9.95. The summed E-state index contributed by atoms with van der Waals surface area (Å²) in [6, 6.07) is 2.14. The van der Waals surface area contributed by atoms with Crippen molar-refractivity contribution in [1.29, 1.82) is 0 Å². The van der Waals surface area contributed by atoms with Crippen LogP contribution in [0.25, 0.3) is 0 Å². The van der Waals surface area contributed by atoms with E-state index in [-0.39, 0.29) is 5.56 Å². The van der Waals surface area contributed by atoms with E-state index in [0.717, 1.165) is 0 Å². The second-order valence-corrected chi connectivity index (χ2v) is 4.68. The van der Waals surface area contributed by atoms with Gasteiger partial charge in [0.05, 0.1) is 12.1 Å². The summed E-state index contributed by atoms with van der Waals surface area (Å²) in [6.45, 7) is 0.623. The molecule has 0 spiro atoms. The van der Waals surface area contributed by atoms with Crippen molar-refractivity contribution >= 4 is 5.97 Å². The zero-order valence-electron chi connectivity index (χ0n) is 9.95. The van der Waals surface area contributed by atoms with E-state index in [1.54, 1.807) is 6.07 Å². The molecule has 1 fully saturated rings. The molecule has 0 aliphatic heterocycles. The Morgan fingerprint density at radius 1 is 1.35 bits per heavy atom. The van der Waals surface area contributed by atoms with Gasteiger partial charge in [-0.2, -0.15) is 0 Å². The lowest BCUT2D eigenvalue weighted by Crippen LogP contribution is -2.27. The molecule has 1 aromatic heterocycles. The van der Waals surface area contributed by atoms with Crippen molar-refractivity contribution < 1.29 is 14.3 Å². The number of aromatic carboxylic acids is 1. The van der Waals surface area contributed by atoms with Crippen molar-refractivity contribution in [3.63, 3.8) is 0 Å². The van der Waals surface area contributed by atoms with Crippen LogP contribution >= 0.6 is 0 Å². The molecule has 4 heteroatoms. The first-order valence-electron chi connectivity index (χ1n) is 6.30. The fraction of sp³-hybridized carbons (Fsp3) is 0.615. The normalized spacial score (nSPS) is 17.9. The number of carboxylic acids is 1. The molecule has 17 heavy (non-hydrogen) atoms. The van der Waals surface area contributed by atoms with Crippen LogP contribution in [-0.4, -0.2) is 17.1 Å². The van der Waals surface area contributed by atoms with Crippen LogP contribution in [0.2, 0.25) is 0 Å². The number of nitrogens with one attached hydrogen (secondary N) is 1. The van der Waals surface area contributed by atoms with Crippen molar-refractivity contribution in [1.82, 2.24) is 5.32 Å². The molecule has 94 valence electrons. The molecule has 0 amide bonds. The molecule has 0 saturated heterocycles. The van der Waals surface area contributed by atoms with Gasteiger partial charge in [0, 0.05) is 6.04 Å². The van der Waals surface area contributed by atoms with Crippen LogP contribution < -0.4 is 5.32 Å². The molecule has 1 saturated carbocycles. The maximum absolute atomic E-state index is 10.7. The van der Waals surface area contributed by atoms with Crippen LogP contribution in [0.5, 0.6) is 0 Å². The highest BCUT2D eigenvalue weighted by Crippen LogP contribution is 2.18. The van der Waals surface area contributed by atoms with Crippen molar-refractivity contribution in [2.45, 2.75) is 51.1 Å². The van der Waals surface area contributed by atoms with Crippen LogP contribution in [-0.2, 0) is 6.54 Å². The molecule has 4 nitrogen and oxygen atoms in total. The Morgan fingerprint density at radius 3 is 2.65 bits per heavy atom. The Bertz CT molecular complexity index is 364. The van der Waals surface area contributed by atoms with Gasteiger partial charge in [-0.05, 0) is 18.9 Å². The second-order valence-electron chi connectivity index (χ2n) is 4.68. The van der Waals surface area contributed by atoms with Gasteiger partial charge in [0.15, 0.2) is 0 Å². The molecule has 0 bridgehead atoms. The average molecular weight is 237 g/mol. The summed E-state index contributed by atoms with van der Waals surface area (Å²) in [5, 5.41) is 12.2. The summed E-state index contributed by atoms with van der Waals surface area (Å²) in [5.74, 6) is -0.235. The van der Waals surface area contributed by atoms with Crippen molar-refractivity contribution in [3.05, 3.63) is 23.7 Å². The van der Waals surface area contributed by atoms with Gasteiger partial charge < -0.3 is 14.8 Å². The molecule has 0 aromatic carbocycles. The van der Waals surface area contributed by atoms with Gasteiger partial charge in [0.2, 0.25) is 0 Å². The standard InChI is InChI=1S/C13H19NO3/c15-13(16)10-7-12(17-9-10)8-14-11-5-3-1-2-4-6-11/h7,9,11,14H,1-6,8H2,(H,15,16). The minimum atomic E-state index is -0.936. The van der Waals surface area contributed by atoms with E-state index in [4.69, 9.17) is 9.52 Å². The summed E-state index contributed by atoms with van der Waals surface area (Å²) in [5.41, 5.74) is 0.225. The van der Waals surface area contributed by atoms with E-state index in [0.29, 0.717) is 18.3 Å². The SMILES string of the molecule is O=C(O)c1coc(CNC2CCCCCC2)c1. The second kappa shape index (κ2) is 5.87. The van der Waals surface area contributed by atoms with Crippen molar-refractivity contribution in [2.24, 2.45) is 0 Å². The predicted molar refractivity (Wildman–Crippen MR) is 64.0 cm³/mol. The third kappa shape index (κ3) is 3.60. The van der Waals surface area contributed by atoms with Crippen LogP contribution in [0.15, 0.2) is 16.7 Å². The van der Waals surface area contributed by atoms with Gasteiger partial charge in [-0.1, -0.05) is 25.7 Å². The fourth-order valence-electron chi connectivity index (χ4n) is 2.31. The van der Waals surface area contributed by atoms with Gasteiger partial charge in [0.1, 0.15) is 12.0 Å². The number of rotatable bonds is 4. The monoisotopic (exact) mass is 237 g/mol. The molecular weight excluding hydrogens is 218 g/mol. The lowest BCUT2D eigenvalue weighted by Gasteiger charge is -2.14. The number of hydrogen-bond acceptors (Lipinski definition) is 3. The Labute approximate surface area is 101 Å². The summed E-state index contributed by atoms with van der Waals surface area (Å²) in [4.78, 5) is 10.7. The van der Waals surface area contributed by atoms with Crippen molar-refractivity contribution in [3.8, 4) is 0 Å². The quantitative estimate of drug-likeness (QED) is 0.790. The van der Waals surface area contributed by atoms with Crippen LogP contribution in [0.3, 0.4) is 0 Å². The maximum Gasteiger partial charge on any atom is 0.338 e. The van der Waals surface area contributed by atoms with E-state index in [1.165, 1.54) is 44.8 Å². The third-order valence-corrected chi connectivity index (χ3v) is 3.32. The topological polar surface area (TPSA) is 62.5 Å². The van der Waals surface area contributed by atoms with Gasteiger partial charge in [-0.15, -0.1) is 0 Å². The molecule has 2 N–H and O–H groups in total. The van der Waals surface area contributed by atoms with Gasteiger partial charge in [0.25, 0.3) is 0 Å². The first kappa shape index (κ1) is 12.2. The van der Waals surface area contributed by atoms with Crippen LogP contribution in [0.1, 0.15) is 54.6 Å². The molecule has 1 aliphatic rings. The molecule has 0 unspecified atom stereocenters. The molecule has 0 atom stereocenters. The average Bonchev–Trinajstić information content (AvgIpc) is 2.63. The molecule has 1 aromatic rings. The first-order chi connectivity index (χ1) is 8.25. The van der Waals surface area contributed by atoms with Crippen LogP contribution in [0.4, 0.5) is 0 Å². The number of carboxylic acid groups (broad SMARTS) is 1. The predicted octanol–water partition coefficient (Wildman–Crippen LogP) is 2.79. The highest BCUT2D eigenvalue weighted by molar-refractivity contribution is 5.87. The first-order valence-corrected chi connectivity index (χ1v) is 6.30. The maximum atomic E-state index is 10.7. The summed E-state index contributed by atoms with van der Waals surface area (Å²) in [6.07, 6.45) is 8.97. The molecule has 1 heterocycles. The fourth-order valence-corrected chi connectivity index (χ4v) is 2.31. The third-order valence-electron chi connectivity index (χ3n) is 3.32. The smallest absolute Gasteiger partial charge is 0.338 e. The highest BCUT2D eigenvalue weighted by Gasteiger charge is 2.13. The Hall–Kier alpha value is -1.29. The largest absolute Gasteiger partial charge is 0.478 e. The Balaban J connectivity index is 1.81. The summed E-state index contributed by atoms with van der Waals surface area (Å²) in [7, 11) is 0. The van der Waals surface area contributed by atoms with Crippen LogP contribution in [0, 0.1) is 0 Å². The molecule has 2 rings (SSSR count). The van der Waals surface area contributed by atoms with Crippen molar-refractivity contribution in [2.75, 3.05) is 0 Å². The lowest BCUT2D eigenvalue weighted by molar-refractivity contribution is 0.0696.